The molecule has 2 heterocycles. The van der Waals surface area contributed by atoms with Crippen LogP contribution in [0.15, 0.2) is 41.1 Å². The van der Waals surface area contributed by atoms with E-state index in [1.807, 2.05) is 12.1 Å². The molecule has 2 aromatic rings. The number of carbonyl (C=O) groups excluding carboxylic acids is 2. The van der Waals surface area contributed by atoms with Gasteiger partial charge in [-0.3, -0.25) is 9.59 Å². The lowest BCUT2D eigenvalue weighted by molar-refractivity contribution is -0.119. The summed E-state index contributed by atoms with van der Waals surface area (Å²) in [5, 5.41) is 6.20. The SMILES string of the molecule is O=C(Nc1ccc(N2CCCCC2=O)cc1)c1ccno1. The van der Waals surface area contributed by atoms with Crippen LogP contribution in [-0.2, 0) is 4.79 Å². The number of carbonyl (C=O) groups is 2. The highest BCUT2D eigenvalue weighted by atomic mass is 16.5. The van der Waals surface area contributed by atoms with Gasteiger partial charge in [-0.05, 0) is 37.1 Å². The lowest BCUT2D eigenvalue weighted by atomic mass is 10.1. The van der Waals surface area contributed by atoms with Gasteiger partial charge in [0.25, 0.3) is 5.91 Å². The second-order valence-corrected chi connectivity index (χ2v) is 4.88. The van der Waals surface area contributed by atoms with Gasteiger partial charge in [0, 0.05) is 30.4 Å². The van der Waals surface area contributed by atoms with Crippen molar-refractivity contribution in [2.45, 2.75) is 19.3 Å². The normalized spacial score (nSPS) is 15.0. The zero-order chi connectivity index (χ0) is 14.7. The Morgan fingerprint density at radius 1 is 1.19 bits per heavy atom. The molecule has 21 heavy (non-hydrogen) atoms. The van der Waals surface area contributed by atoms with Gasteiger partial charge in [-0.1, -0.05) is 5.16 Å². The van der Waals surface area contributed by atoms with Crippen LogP contribution in [0.5, 0.6) is 0 Å². The molecule has 1 N–H and O–H groups in total. The minimum Gasteiger partial charge on any atom is -0.351 e. The quantitative estimate of drug-likeness (QED) is 0.939. The summed E-state index contributed by atoms with van der Waals surface area (Å²) < 4.78 is 4.79. The van der Waals surface area contributed by atoms with Crippen molar-refractivity contribution in [3.05, 3.63) is 42.3 Å². The third-order valence-corrected chi connectivity index (χ3v) is 3.42. The van der Waals surface area contributed by atoms with E-state index in [0.29, 0.717) is 12.1 Å². The number of nitrogens with zero attached hydrogens (tertiary/aromatic N) is 2. The number of hydrogen-bond acceptors (Lipinski definition) is 4. The molecule has 1 aliphatic heterocycles. The summed E-state index contributed by atoms with van der Waals surface area (Å²) in [6.07, 6.45) is 4.00. The zero-order valence-corrected chi connectivity index (χ0v) is 11.4. The van der Waals surface area contributed by atoms with Crippen molar-refractivity contribution in [1.82, 2.24) is 5.16 Å². The van der Waals surface area contributed by atoms with Crippen LogP contribution in [0.2, 0.25) is 0 Å². The van der Waals surface area contributed by atoms with Gasteiger partial charge in [-0.25, -0.2) is 0 Å². The highest BCUT2D eigenvalue weighted by molar-refractivity contribution is 6.02. The van der Waals surface area contributed by atoms with Crippen LogP contribution in [-0.4, -0.2) is 23.5 Å². The Morgan fingerprint density at radius 3 is 2.67 bits per heavy atom. The molecule has 6 heteroatoms. The molecule has 1 saturated heterocycles. The summed E-state index contributed by atoms with van der Waals surface area (Å²) in [5.74, 6) is -0.0423. The van der Waals surface area contributed by atoms with Gasteiger partial charge in [0.2, 0.25) is 11.7 Å². The number of benzene rings is 1. The summed E-state index contributed by atoms with van der Waals surface area (Å²) in [6, 6.07) is 8.70. The van der Waals surface area contributed by atoms with Gasteiger partial charge in [0.1, 0.15) is 0 Å². The Balaban J connectivity index is 1.69. The number of aromatic nitrogens is 1. The van der Waals surface area contributed by atoms with Crippen molar-refractivity contribution in [3.63, 3.8) is 0 Å². The third-order valence-electron chi connectivity index (χ3n) is 3.42. The first-order valence-electron chi connectivity index (χ1n) is 6.86. The molecule has 1 aliphatic rings. The van der Waals surface area contributed by atoms with Crippen LogP contribution in [0.25, 0.3) is 0 Å². The molecular formula is C15H15N3O3. The van der Waals surface area contributed by atoms with Crippen molar-refractivity contribution < 1.29 is 14.1 Å². The summed E-state index contributed by atoms with van der Waals surface area (Å²) >= 11 is 0. The van der Waals surface area contributed by atoms with Crippen LogP contribution >= 0.6 is 0 Å². The molecule has 0 atom stereocenters. The summed E-state index contributed by atoms with van der Waals surface area (Å²) in [5.41, 5.74) is 1.50. The lowest BCUT2D eigenvalue weighted by Gasteiger charge is -2.26. The monoisotopic (exact) mass is 285 g/mol. The van der Waals surface area contributed by atoms with Crippen LogP contribution in [0.4, 0.5) is 11.4 Å². The predicted molar refractivity (Wildman–Crippen MR) is 77.1 cm³/mol. The average Bonchev–Trinajstić information content (AvgIpc) is 3.03. The third kappa shape index (κ3) is 2.94. The van der Waals surface area contributed by atoms with Gasteiger partial charge in [-0.15, -0.1) is 0 Å². The van der Waals surface area contributed by atoms with Crippen molar-refractivity contribution in [1.29, 1.82) is 0 Å². The first-order chi connectivity index (χ1) is 10.2. The Kier molecular flexibility index (Phi) is 3.68. The molecular weight excluding hydrogens is 270 g/mol. The van der Waals surface area contributed by atoms with E-state index in [-0.39, 0.29) is 17.6 Å². The molecule has 6 nitrogen and oxygen atoms in total. The molecule has 1 aromatic carbocycles. The van der Waals surface area contributed by atoms with Gasteiger partial charge in [0.05, 0.1) is 6.20 Å². The Hall–Kier alpha value is -2.63. The molecule has 0 bridgehead atoms. The van der Waals surface area contributed by atoms with Crippen LogP contribution in [0, 0.1) is 0 Å². The highest BCUT2D eigenvalue weighted by Crippen LogP contribution is 2.22. The smallest absolute Gasteiger partial charge is 0.294 e. The standard InChI is InChI=1S/C15H15N3O3/c19-14-3-1-2-10-18(14)12-6-4-11(5-7-12)17-15(20)13-8-9-16-21-13/h4-9H,1-3,10H2,(H,17,20). The van der Waals surface area contributed by atoms with Gasteiger partial charge in [0.15, 0.2) is 0 Å². The fraction of sp³-hybridized carbons (Fsp3) is 0.267. The fourth-order valence-electron chi connectivity index (χ4n) is 2.33. The number of anilines is 2. The zero-order valence-electron chi connectivity index (χ0n) is 11.4. The van der Waals surface area contributed by atoms with E-state index < -0.39 is 0 Å². The number of hydrogen-bond donors (Lipinski definition) is 1. The molecule has 3 rings (SSSR count). The van der Waals surface area contributed by atoms with Crippen molar-refractivity contribution in [3.8, 4) is 0 Å². The average molecular weight is 285 g/mol. The first kappa shape index (κ1) is 13.4. The van der Waals surface area contributed by atoms with Crippen molar-refractivity contribution >= 4 is 23.2 Å². The minimum absolute atomic E-state index is 0.152. The van der Waals surface area contributed by atoms with Gasteiger partial charge < -0.3 is 14.7 Å². The molecule has 0 aliphatic carbocycles. The van der Waals surface area contributed by atoms with E-state index in [1.54, 1.807) is 17.0 Å². The van der Waals surface area contributed by atoms with E-state index in [0.717, 1.165) is 25.1 Å². The second-order valence-electron chi connectivity index (χ2n) is 4.88. The number of rotatable bonds is 3. The molecule has 0 radical (unpaired) electrons. The number of piperidine rings is 1. The molecule has 0 unspecified atom stereocenters. The van der Waals surface area contributed by atoms with Crippen molar-refractivity contribution in [2.24, 2.45) is 0 Å². The maximum Gasteiger partial charge on any atom is 0.294 e. The predicted octanol–water partition coefficient (Wildman–Crippen LogP) is 2.44. The van der Waals surface area contributed by atoms with E-state index in [2.05, 4.69) is 10.5 Å². The van der Waals surface area contributed by atoms with Gasteiger partial charge >= 0.3 is 0 Å². The maximum absolute atomic E-state index is 11.8. The summed E-state index contributed by atoms with van der Waals surface area (Å²) in [7, 11) is 0. The van der Waals surface area contributed by atoms with E-state index in [9.17, 15) is 9.59 Å². The molecule has 2 amide bonds. The minimum atomic E-state index is -0.353. The van der Waals surface area contributed by atoms with E-state index in [4.69, 9.17) is 4.52 Å². The lowest BCUT2D eigenvalue weighted by Crippen LogP contribution is -2.35. The Labute approximate surface area is 121 Å². The number of amides is 2. The van der Waals surface area contributed by atoms with Crippen LogP contribution in [0.1, 0.15) is 29.8 Å². The Morgan fingerprint density at radius 2 is 2.00 bits per heavy atom. The topological polar surface area (TPSA) is 75.4 Å². The molecule has 1 fully saturated rings. The van der Waals surface area contributed by atoms with Gasteiger partial charge in [-0.2, -0.15) is 0 Å². The fourth-order valence-corrected chi connectivity index (χ4v) is 2.33. The molecule has 0 saturated carbocycles. The molecule has 1 aromatic heterocycles. The van der Waals surface area contributed by atoms with E-state index in [1.165, 1.54) is 12.3 Å². The Bertz CT molecular complexity index is 635. The molecule has 0 spiro atoms. The van der Waals surface area contributed by atoms with Crippen molar-refractivity contribution in [2.75, 3.05) is 16.8 Å². The molecule has 108 valence electrons. The first-order valence-corrected chi connectivity index (χ1v) is 6.86. The van der Waals surface area contributed by atoms with E-state index >= 15 is 0 Å². The highest BCUT2D eigenvalue weighted by Gasteiger charge is 2.19. The largest absolute Gasteiger partial charge is 0.351 e. The number of nitrogens with one attached hydrogen (secondary N) is 1. The van der Waals surface area contributed by atoms with Crippen LogP contribution < -0.4 is 10.2 Å². The summed E-state index contributed by atoms with van der Waals surface area (Å²) in [6.45, 7) is 0.753. The summed E-state index contributed by atoms with van der Waals surface area (Å²) in [4.78, 5) is 25.4. The second kappa shape index (κ2) is 5.78. The maximum atomic E-state index is 11.8. The van der Waals surface area contributed by atoms with Crippen LogP contribution in [0.3, 0.4) is 0 Å².